The van der Waals surface area contributed by atoms with Gasteiger partial charge in [0.1, 0.15) is 6.17 Å². The smallest absolute Gasteiger partial charge is 0.239 e. The third kappa shape index (κ3) is 3.32. The van der Waals surface area contributed by atoms with Crippen LogP contribution in [0.15, 0.2) is 0 Å². The number of carbonyl (C=O) groups is 1. The van der Waals surface area contributed by atoms with E-state index in [1.165, 1.54) is 12.8 Å². The van der Waals surface area contributed by atoms with Crippen LogP contribution in [0.4, 0.5) is 4.39 Å². The van der Waals surface area contributed by atoms with Crippen LogP contribution in [0.5, 0.6) is 0 Å². The van der Waals surface area contributed by atoms with Crippen molar-refractivity contribution >= 4 is 18.3 Å². The van der Waals surface area contributed by atoms with Crippen molar-refractivity contribution in [3.63, 3.8) is 0 Å². The molecule has 1 saturated carbocycles. The van der Waals surface area contributed by atoms with E-state index in [0.29, 0.717) is 18.9 Å². The summed E-state index contributed by atoms with van der Waals surface area (Å²) >= 11 is 0. The fourth-order valence-electron chi connectivity index (χ4n) is 2.09. The first-order valence-corrected chi connectivity index (χ1v) is 5.87. The van der Waals surface area contributed by atoms with Crippen LogP contribution in [0, 0.1) is 5.92 Å². The lowest BCUT2D eigenvalue weighted by molar-refractivity contribution is -0.133. The minimum atomic E-state index is -0.849. The average molecular weight is 251 g/mol. The fraction of sp³-hybridized carbons (Fsp3) is 0.909. The van der Waals surface area contributed by atoms with Crippen molar-refractivity contribution < 1.29 is 9.18 Å². The Labute approximate surface area is 102 Å². The molecular weight excluding hydrogens is 231 g/mol. The van der Waals surface area contributed by atoms with Crippen LogP contribution in [-0.4, -0.2) is 42.7 Å². The van der Waals surface area contributed by atoms with Gasteiger partial charge in [-0.25, -0.2) is 4.39 Å². The number of hydrogen-bond donors (Lipinski definition) is 1. The van der Waals surface area contributed by atoms with Crippen LogP contribution in [0.2, 0.25) is 0 Å². The summed E-state index contributed by atoms with van der Waals surface area (Å²) < 4.78 is 12.9. The highest BCUT2D eigenvalue weighted by Crippen LogP contribution is 2.30. The highest BCUT2D eigenvalue weighted by molar-refractivity contribution is 5.85. The first-order valence-electron chi connectivity index (χ1n) is 5.87. The minimum Gasteiger partial charge on any atom is -0.341 e. The maximum absolute atomic E-state index is 12.9. The van der Waals surface area contributed by atoms with E-state index in [0.717, 1.165) is 13.1 Å². The molecule has 0 radical (unpaired) electrons. The second-order valence-electron chi connectivity index (χ2n) is 4.61. The molecule has 1 heterocycles. The molecule has 2 fully saturated rings. The van der Waals surface area contributed by atoms with Crippen LogP contribution in [0.1, 0.15) is 26.2 Å². The number of nitrogens with zero attached hydrogens (tertiary/aromatic N) is 1. The van der Waals surface area contributed by atoms with Gasteiger partial charge < -0.3 is 10.2 Å². The molecule has 1 N–H and O–H groups in total. The van der Waals surface area contributed by atoms with Crippen molar-refractivity contribution in [2.24, 2.45) is 5.92 Å². The second-order valence-corrected chi connectivity index (χ2v) is 4.61. The zero-order valence-electron chi connectivity index (χ0n) is 9.62. The Morgan fingerprint density at radius 1 is 1.50 bits per heavy atom. The molecule has 0 aromatic rings. The van der Waals surface area contributed by atoms with Gasteiger partial charge in [-0.15, -0.1) is 12.4 Å². The van der Waals surface area contributed by atoms with Crippen molar-refractivity contribution in [2.75, 3.05) is 19.6 Å². The van der Waals surface area contributed by atoms with Crippen LogP contribution in [0.25, 0.3) is 0 Å². The van der Waals surface area contributed by atoms with E-state index in [9.17, 15) is 9.18 Å². The molecule has 1 amide bonds. The van der Waals surface area contributed by atoms with Crippen molar-refractivity contribution in [2.45, 2.75) is 38.4 Å². The Bertz CT molecular complexity index is 248. The molecule has 1 aliphatic carbocycles. The summed E-state index contributed by atoms with van der Waals surface area (Å²) in [5, 5.41) is 2.95. The van der Waals surface area contributed by atoms with Crippen molar-refractivity contribution in [3.05, 3.63) is 0 Å². The predicted octanol–water partition coefficient (Wildman–Crippen LogP) is 1.37. The summed E-state index contributed by atoms with van der Waals surface area (Å²) in [5.41, 5.74) is 0. The van der Waals surface area contributed by atoms with Gasteiger partial charge in [-0.3, -0.25) is 4.79 Å². The number of hydrogen-bond acceptors (Lipinski definition) is 2. The highest BCUT2D eigenvalue weighted by atomic mass is 35.5. The number of amides is 1. The summed E-state index contributed by atoms with van der Waals surface area (Å²) in [5.74, 6) is 0.793. The van der Waals surface area contributed by atoms with E-state index >= 15 is 0 Å². The van der Waals surface area contributed by atoms with E-state index in [-0.39, 0.29) is 24.4 Å². The van der Waals surface area contributed by atoms with E-state index in [1.54, 1.807) is 0 Å². The van der Waals surface area contributed by atoms with Gasteiger partial charge in [0.25, 0.3) is 0 Å². The van der Waals surface area contributed by atoms with Crippen LogP contribution < -0.4 is 5.32 Å². The average Bonchev–Trinajstić information content (AvgIpc) is 2.95. The van der Waals surface area contributed by atoms with Crippen molar-refractivity contribution in [1.29, 1.82) is 0 Å². The number of halogens is 2. The zero-order chi connectivity index (χ0) is 10.8. The minimum absolute atomic E-state index is 0. The van der Waals surface area contributed by atoms with E-state index in [4.69, 9.17) is 0 Å². The molecule has 5 heteroatoms. The van der Waals surface area contributed by atoms with Gasteiger partial charge in [0.2, 0.25) is 5.91 Å². The summed E-state index contributed by atoms with van der Waals surface area (Å²) in [6.07, 6.45) is 1.99. The standard InChI is InChI=1S/C11H19FN2O.ClH/c1-2-14(7-8-3-4-8)11(15)10-5-9(12)6-13-10;/h8-10,13H,2-7H2,1H3;1H/t9-,10+;/m0./s1. The number of carbonyl (C=O) groups excluding carboxylic acids is 1. The topological polar surface area (TPSA) is 32.3 Å². The number of alkyl halides is 1. The van der Waals surface area contributed by atoms with Gasteiger partial charge in [-0.2, -0.15) is 0 Å². The van der Waals surface area contributed by atoms with Crippen molar-refractivity contribution in [1.82, 2.24) is 10.2 Å². The first kappa shape index (κ1) is 13.7. The Hall–Kier alpha value is -0.350. The Morgan fingerprint density at radius 3 is 2.62 bits per heavy atom. The molecule has 16 heavy (non-hydrogen) atoms. The van der Waals surface area contributed by atoms with Crippen molar-refractivity contribution in [3.8, 4) is 0 Å². The first-order chi connectivity index (χ1) is 7.20. The van der Waals surface area contributed by atoms with Gasteiger partial charge >= 0.3 is 0 Å². The molecule has 0 aromatic carbocycles. The Kier molecular flexibility index (Phi) is 4.99. The predicted molar refractivity (Wildman–Crippen MR) is 63.5 cm³/mol. The molecule has 2 aliphatic rings. The van der Waals surface area contributed by atoms with Crippen LogP contribution >= 0.6 is 12.4 Å². The molecule has 0 unspecified atom stereocenters. The molecule has 0 spiro atoms. The maximum atomic E-state index is 12.9. The zero-order valence-corrected chi connectivity index (χ0v) is 10.4. The number of rotatable bonds is 4. The highest BCUT2D eigenvalue weighted by Gasteiger charge is 2.33. The summed E-state index contributed by atoms with van der Waals surface area (Å²) in [7, 11) is 0. The summed E-state index contributed by atoms with van der Waals surface area (Å²) in [6.45, 7) is 3.93. The van der Waals surface area contributed by atoms with Gasteiger partial charge in [0.05, 0.1) is 6.04 Å². The Morgan fingerprint density at radius 2 is 2.19 bits per heavy atom. The lowest BCUT2D eigenvalue weighted by Gasteiger charge is -2.24. The summed E-state index contributed by atoms with van der Waals surface area (Å²) in [4.78, 5) is 13.9. The van der Waals surface area contributed by atoms with E-state index in [2.05, 4.69) is 5.32 Å². The molecule has 2 rings (SSSR count). The molecule has 2 atom stereocenters. The molecule has 0 aromatic heterocycles. The van der Waals surface area contributed by atoms with Crippen LogP contribution in [-0.2, 0) is 4.79 Å². The molecule has 94 valence electrons. The van der Waals surface area contributed by atoms with E-state index in [1.807, 2.05) is 11.8 Å². The third-order valence-corrected chi connectivity index (χ3v) is 3.24. The maximum Gasteiger partial charge on any atom is 0.239 e. The summed E-state index contributed by atoms with van der Waals surface area (Å²) in [6, 6.07) is -0.279. The molecule has 3 nitrogen and oxygen atoms in total. The lowest BCUT2D eigenvalue weighted by Crippen LogP contribution is -2.44. The number of nitrogens with one attached hydrogen (secondary N) is 1. The number of likely N-dealkylation sites (N-methyl/N-ethyl adjacent to an activating group) is 1. The normalized spacial score (nSPS) is 28.6. The van der Waals surface area contributed by atoms with Gasteiger partial charge in [0, 0.05) is 26.1 Å². The van der Waals surface area contributed by atoms with E-state index < -0.39 is 6.17 Å². The molecule has 0 bridgehead atoms. The lowest BCUT2D eigenvalue weighted by atomic mass is 10.2. The second kappa shape index (κ2) is 5.82. The quantitative estimate of drug-likeness (QED) is 0.817. The van der Waals surface area contributed by atoms with Gasteiger partial charge in [0.15, 0.2) is 0 Å². The molecular formula is C11H20ClFN2O. The van der Waals surface area contributed by atoms with Gasteiger partial charge in [-0.1, -0.05) is 0 Å². The Balaban J connectivity index is 0.00000128. The SMILES string of the molecule is CCN(CC1CC1)C(=O)[C@H]1C[C@H](F)CN1.Cl. The third-order valence-electron chi connectivity index (χ3n) is 3.24. The molecule has 1 saturated heterocycles. The largest absolute Gasteiger partial charge is 0.341 e. The van der Waals surface area contributed by atoms with Gasteiger partial charge in [-0.05, 0) is 25.7 Å². The van der Waals surface area contributed by atoms with Crippen LogP contribution in [0.3, 0.4) is 0 Å². The fourth-order valence-corrected chi connectivity index (χ4v) is 2.09. The monoisotopic (exact) mass is 250 g/mol. The molecule has 1 aliphatic heterocycles.